The summed E-state index contributed by atoms with van der Waals surface area (Å²) >= 11 is 3.53. The van der Waals surface area contributed by atoms with Crippen LogP contribution in [-0.4, -0.2) is 32.7 Å². The summed E-state index contributed by atoms with van der Waals surface area (Å²) in [6.45, 7) is 0. The third kappa shape index (κ3) is 5.15. The molecule has 1 aromatic heterocycles. The maximum atomic E-state index is 13.7. The Bertz CT molecular complexity index is 1620. The van der Waals surface area contributed by atoms with Gasteiger partial charge < -0.3 is 10.1 Å². The highest BCUT2D eigenvalue weighted by atomic mass is 79.9. The van der Waals surface area contributed by atoms with Crippen LogP contribution in [0.5, 0.6) is 0 Å². The van der Waals surface area contributed by atoms with E-state index >= 15 is 0 Å². The fraction of sp³-hybridized carbons (Fsp3) is 0.172. The minimum Gasteiger partial charge on any atom is -0.481 e. The van der Waals surface area contributed by atoms with Gasteiger partial charge in [0.15, 0.2) is 0 Å². The molecule has 192 valence electrons. The third-order valence-electron chi connectivity index (χ3n) is 6.53. The van der Waals surface area contributed by atoms with Crippen LogP contribution in [0.4, 0.5) is 4.39 Å². The summed E-state index contributed by atoms with van der Waals surface area (Å²) in [6.07, 6.45) is 0.228. The van der Waals surface area contributed by atoms with E-state index in [1.54, 1.807) is 12.1 Å². The van der Waals surface area contributed by atoms with Crippen molar-refractivity contribution in [2.24, 2.45) is 5.10 Å². The molecular weight excluding hydrogens is 553 g/mol. The monoisotopic (exact) mass is 575 g/mol. The molecule has 2 N–H and O–H groups in total. The van der Waals surface area contributed by atoms with E-state index in [2.05, 4.69) is 26.0 Å². The predicted molar refractivity (Wildman–Crippen MR) is 146 cm³/mol. The van der Waals surface area contributed by atoms with E-state index in [-0.39, 0.29) is 37.1 Å². The number of carbonyl (C=O) groups is 2. The Morgan fingerprint density at radius 2 is 1.76 bits per heavy atom. The first-order valence-electron chi connectivity index (χ1n) is 12.1. The summed E-state index contributed by atoms with van der Waals surface area (Å²) in [6, 6.07) is 20.4. The number of nitrogens with one attached hydrogen (secondary N) is 1. The van der Waals surface area contributed by atoms with E-state index in [0.717, 1.165) is 15.4 Å². The highest BCUT2D eigenvalue weighted by Gasteiger charge is 2.35. The molecule has 9 heteroatoms. The molecule has 0 fully saturated rings. The van der Waals surface area contributed by atoms with Crippen LogP contribution >= 0.6 is 15.9 Å². The molecule has 4 aromatic rings. The zero-order chi connectivity index (χ0) is 26.8. The van der Waals surface area contributed by atoms with Crippen molar-refractivity contribution >= 4 is 44.4 Å². The Balaban J connectivity index is 1.66. The minimum atomic E-state index is -0.986. The number of hydrogen-bond donors (Lipinski definition) is 2. The van der Waals surface area contributed by atoms with Crippen molar-refractivity contribution in [3.8, 4) is 11.1 Å². The highest BCUT2D eigenvalue weighted by Crippen LogP contribution is 2.37. The average molecular weight is 576 g/mol. The molecule has 38 heavy (non-hydrogen) atoms. The number of nitrogens with zero attached hydrogens (tertiary/aromatic N) is 2. The summed E-state index contributed by atoms with van der Waals surface area (Å²) in [5.41, 5.74) is 3.29. The van der Waals surface area contributed by atoms with Crippen molar-refractivity contribution in [3.05, 3.63) is 105 Å². The number of aliphatic carboxylic acids is 1. The van der Waals surface area contributed by atoms with Gasteiger partial charge in [0.25, 0.3) is 5.56 Å². The quantitative estimate of drug-likeness (QED) is 0.281. The average Bonchev–Trinajstić information content (AvgIpc) is 3.34. The zero-order valence-electron chi connectivity index (χ0n) is 20.2. The number of pyridine rings is 1. The number of aromatic amines is 1. The van der Waals surface area contributed by atoms with Gasteiger partial charge in [-0.3, -0.25) is 14.4 Å². The predicted octanol–water partition coefficient (Wildman–Crippen LogP) is 6.03. The largest absolute Gasteiger partial charge is 0.481 e. The Kier molecular flexibility index (Phi) is 7.20. The molecular formula is C29H23BrFN3O4. The Morgan fingerprint density at radius 1 is 1.03 bits per heavy atom. The van der Waals surface area contributed by atoms with Gasteiger partial charge in [-0.25, -0.2) is 9.40 Å². The van der Waals surface area contributed by atoms with Gasteiger partial charge in [-0.2, -0.15) is 5.10 Å². The van der Waals surface area contributed by atoms with Crippen molar-refractivity contribution in [1.29, 1.82) is 0 Å². The lowest BCUT2D eigenvalue weighted by molar-refractivity contribution is -0.137. The standard InChI is InChI=1S/C29H23BrFN3O4/c30-19-11-14-22-21(15-19)27(18-5-2-1-3-6-18)28(29(38)32-22)23-16-24(17-9-12-20(31)13-10-17)34(33-23)25(35)7-4-8-26(36)37/h1-3,5-6,9-15,24H,4,7-8,16H2,(H,32,38)(H,36,37). The summed E-state index contributed by atoms with van der Waals surface area (Å²) in [5, 5.41) is 15.7. The first kappa shape index (κ1) is 25.5. The van der Waals surface area contributed by atoms with Gasteiger partial charge in [-0.15, -0.1) is 0 Å². The van der Waals surface area contributed by atoms with E-state index in [9.17, 15) is 18.8 Å². The van der Waals surface area contributed by atoms with Gasteiger partial charge in [0, 0.05) is 40.2 Å². The van der Waals surface area contributed by atoms with Crippen molar-refractivity contribution in [3.63, 3.8) is 0 Å². The number of halogens is 2. The lowest BCUT2D eigenvalue weighted by atomic mass is 9.91. The Labute approximate surface area is 225 Å². The number of rotatable bonds is 7. The van der Waals surface area contributed by atoms with Crippen LogP contribution in [0.3, 0.4) is 0 Å². The molecule has 0 bridgehead atoms. The van der Waals surface area contributed by atoms with Gasteiger partial charge in [-0.1, -0.05) is 58.4 Å². The van der Waals surface area contributed by atoms with E-state index in [4.69, 9.17) is 5.11 Å². The van der Waals surface area contributed by atoms with Gasteiger partial charge >= 0.3 is 5.97 Å². The topological polar surface area (TPSA) is 103 Å². The number of benzene rings is 3. The van der Waals surface area contributed by atoms with Crippen LogP contribution in [0.25, 0.3) is 22.0 Å². The molecule has 1 aliphatic rings. The highest BCUT2D eigenvalue weighted by molar-refractivity contribution is 9.10. The van der Waals surface area contributed by atoms with E-state index < -0.39 is 17.8 Å². The van der Waals surface area contributed by atoms with E-state index in [1.807, 2.05) is 48.5 Å². The third-order valence-corrected chi connectivity index (χ3v) is 7.02. The van der Waals surface area contributed by atoms with E-state index in [0.29, 0.717) is 27.9 Å². The lowest BCUT2D eigenvalue weighted by Gasteiger charge is -2.22. The fourth-order valence-corrected chi connectivity index (χ4v) is 5.15. The number of fused-ring (bicyclic) bond motifs is 1. The molecule has 1 atom stereocenters. The van der Waals surface area contributed by atoms with Crippen LogP contribution in [0.15, 0.2) is 87.2 Å². The lowest BCUT2D eigenvalue weighted by Crippen LogP contribution is -2.27. The SMILES string of the molecule is O=C(O)CCCC(=O)N1N=C(c2c(-c3ccccc3)c3cc(Br)ccc3[nH]c2=O)CC1c1ccc(F)cc1. The molecule has 1 aliphatic heterocycles. The van der Waals surface area contributed by atoms with Crippen molar-refractivity contribution < 1.29 is 19.1 Å². The van der Waals surface area contributed by atoms with Gasteiger partial charge in [0.2, 0.25) is 5.91 Å². The molecule has 0 aliphatic carbocycles. The second-order valence-corrected chi connectivity index (χ2v) is 9.98. The number of carboxylic acid groups (broad SMARTS) is 1. The molecule has 7 nitrogen and oxygen atoms in total. The fourth-order valence-electron chi connectivity index (χ4n) is 4.79. The first-order valence-corrected chi connectivity index (χ1v) is 12.9. The van der Waals surface area contributed by atoms with Crippen molar-refractivity contribution in [2.45, 2.75) is 31.7 Å². The van der Waals surface area contributed by atoms with Crippen LogP contribution in [0.1, 0.15) is 42.9 Å². The molecule has 3 aromatic carbocycles. The molecule has 0 saturated carbocycles. The van der Waals surface area contributed by atoms with Gasteiger partial charge in [0.1, 0.15) is 5.82 Å². The molecule has 0 spiro atoms. The summed E-state index contributed by atoms with van der Waals surface area (Å²) < 4.78 is 14.5. The molecule has 5 rings (SSSR count). The Morgan fingerprint density at radius 3 is 2.47 bits per heavy atom. The molecule has 1 unspecified atom stereocenters. The van der Waals surface area contributed by atoms with Crippen LogP contribution < -0.4 is 5.56 Å². The zero-order valence-corrected chi connectivity index (χ0v) is 21.7. The van der Waals surface area contributed by atoms with Crippen LogP contribution in [0.2, 0.25) is 0 Å². The molecule has 2 heterocycles. The smallest absolute Gasteiger partial charge is 0.303 e. The number of carboxylic acids is 1. The second-order valence-electron chi connectivity index (χ2n) is 9.06. The summed E-state index contributed by atoms with van der Waals surface area (Å²) in [7, 11) is 0. The minimum absolute atomic E-state index is 0.0205. The Hall–Kier alpha value is -4.11. The number of amides is 1. The van der Waals surface area contributed by atoms with Crippen molar-refractivity contribution in [2.75, 3.05) is 0 Å². The van der Waals surface area contributed by atoms with Gasteiger partial charge in [0.05, 0.1) is 17.3 Å². The summed E-state index contributed by atoms with van der Waals surface area (Å²) in [4.78, 5) is 40.7. The molecule has 0 radical (unpaired) electrons. The second kappa shape index (κ2) is 10.7. The van der Waals surface area contributed by atoms with Crippen LogP contribution in [0, 0.1) is 5.82 Å². The number of H-pyrrole nitrogens is 1. The van der Waals surface area contributed by atoms with Crippen molar-refractivity contribution in [1.82, 2.24) is 9.99 Å². The number of carbonyl (C=O) groups excluding carboxylic acids is 1. The van der Waals surface area contributed by atoms with Crippen LogP contribution in [-0.2, 0) is 9.59 Å². The molecule has 0 saturated heterocycles. The normalized spacial score (nSPS) is 15.1. The first-order chi connectivity index (χ1) is 18.3. The number of hydrazone groups is 1. The van der Waals surface area contributed by atoms with E-state index in [1.165, 1.54) is 17.1 Å². The number of aromatic nitrogens is 1. The number of hydrogen-bond acceptors (Lipinski definition) is 4. The molecule has 1 amide bonds. The summed E-state index contributed by atoms with van der Waals surface area (Å²) in [5.74, 6) is -1.76. The maximum absolute atomic E-state index is 13.7. The maximum Gasteiger partial charge on any atom is 0.303 e. The van der Waals surface area contributed by atoms with Gasteiger partial charge in [-0.05, 0) is 47.9 Å².